The molecule has 8 nitrogen and oxygen atoms in total. The Hall–Kier alpha value is -3.17. The van der Waals surface area contributed by atoms with E-state index >= 15 is 0 Å². The molecule has 2 heterocycles. The summed E-state index contributed by atoms with van der Waals surface area (Å²) in [7, 11) is 5.60. The number of rotatable bonds is 8. The number of para-hydroxylation sites is 2. The number of aryl methyl sites for hydroxylation is 1. The molecule has 0 saturated carbocycles. The summed E-state index contributed by atoms with van der Waals surface area (Å²) in [5.41, 5.74) is 2.87. The van der Waals surface area contributed by atoms with E-state index in [2.05, 4.69) is 4.90 Å². The Bertz CT molecular complexity index is 1320. The molecule has 0 aliphatic heterocycles. The van der Waals surface area contributed by atoms with Gasteiger partial charge < -0.3 is 14.1 Å². The molecule has 0 N–H and O–H groups in total. The zero-order valence-electron chi connectivity index (χ0n) is 18.6. The quantitative estimate of drug-likeness (QED) is 0.405. The number of hydrogen-bond donors (Lipinski definition) is 0. The van der Waals surface area contributed by atoms with E-state index in [4.69, 9.17) is 14.1 Å². The van der Waals surface area contributed by atoms with Crippen molar-refractivity contribution in [3.63, 3.8) is 0 Å². The molecule has 0 saturated heterocycles. The van der Waals surface area contributed by atoms with Crippen molar-refractivity contribution in [2.45, 2.75) is 19.9 Å². The van der Waals surface area contributed by atoms with Crippen LogP contribution in [0, 0.1) is 6.92 Å². The molecule has 2 aromatic heterocycles. The molecule has 4 rings (SSSR count). The molecule has 2 aromatic carbocycles. The lowest BCUT2D eigenvalue weighted by atomic mass is 10.2. The van der Waals surface area contributed by atoms with Gasteiger partial charge in [0.1, 0.15) is 17.8 Å². The highest BCUT2D eigenvalue weighted by Gasteiger charge is 2.23. The molecular weight excluding hydrogens is 428 g/mol. The van der Waals surface area contributed by atoms with E-state index in [1.54, 1.807) is 30.2 Å². The Kier molecular flexibility index (Phi) is 6.29. The first kappa shape index (κ1) is 22.0. The second-order valence-corrected chi connectivity index (χ2v) is 8.86. The molecule has 0 aliphatic rings. The maximum atomic E-state index is 13.4. The number of anilines is 1. The van der Waals surface area contributed by atoms with E-state index in [9.17, 15) is 9.59 Å². The molecular formula is C23H26N4O4S. The van der Waals surface area contributed by atoms with Gasteiger partial charge in [0.05, 0.1) is 17.3 Å². The third-order valence-electron chi connectivity index (χ3n) is 5.30. The van der Waals surface area contributed by atoms with E-state index in [1.165, 1.54) is 15.9 Å². The van der Waals surface area contributed by atoms with Crippen LogP contribution in [0.25, 0.3) is 21.3 Å². The van der Waals surface area contributed by atoms with Gasteiger partial charge in [0.2, 0.25) is 5.91 Å². The SMILES string of the molecule is COc1ccc(C)c2sc(N(CCCN(C)C)C(=O)Cn3c(=O)oc4ccccc43)nc12. The lowest BCUT2D eigenvalue weighted by molar-refractivity contribution is -0.119. The van der Waals surface area contributed by atoms with Crippen LogP contribution in [0.15, 0.2) is 45.6 Å². The second kappa shape index (κ2) is 9.13. The lowest BCUT2D eigenvalue weighted by Crippen LogP contribution is -2.37. The first-order chi connectivity index (χ1) is 15.4. The van der Waals surface area contributed by atoms with E-state index < -0.39 is 5.76 Å². The zero-order chi connectivity index (χ0) is 22.8. The summed E-state index contributed by atoms with van der Waals surface area (Å²) in [5, 5.41) is 0.595. The molecule has 0 fully saturated rings. The van der Waals surface area contributed by atoms with Crippen LogP contribution in [0.2, 0.25) is 0 Å². The van der Waals surface area contributed by atoms with Crippen molar-refractivity contribution in [1.29, 1.82) is 0 Å². The van der Waals surface area contributed by atoms with Gasteiger partial charge in [-0.05, 0) is 57.7 Å². The van der Waals surface area contributed by atoms with Gasteiger partial charge in [0.25, 0.3) is 0 Å². The molecule has 0 atom stereocenters. The van der Waals surface area contributed by atoms with Gasteiger partial charge in [-0.15, -0.1) is 0 Å². The number of ether oxygens (including phenoxy) is 1. The number of amides is 1. The highest BCUT2D eigenvalue weighted by atomic mass is 32.1. The van der Waals surface area contributed by atoms with Gasteiger partial charge in [0, 0.05) is 6.54 Å². The summed E-state index contributed by atoms with van der Waals surface area (Å²) in [5.74, 6) is -0.0893. The average Bonchev–Trinajstić information content (AvgIpc) is 3.34. The predicted molar refractivity (Wildman–Crippen MR) is 127 cm³/mol. The van der Waals surface area contributed by atoms with E-state index in [1.807, 2.05) is 39.2 Å². The summed E-state index contributed by atoms with van der Waals surface area (Å²) < 4.78 is 13.1. The van der Waals surface area contributed by atoms with Crippen molar-refractivity contribution in [1.82, 2.24) is 14.5 Å². The summed E-state index contributed by atoms with van der Waals surface area (Å²) in [6, 6.07) is 11.0. The Labute approximate surface area is 189 Å². The Morgan fingerprint density at radius 1 is 1.19 bits per heavy atom. The Morgan fingerprint density at radius 2 is 1.97 bits per heavy atom. The maximum absolute atomic E-state index is 13.4. The molecule has 9 heteroatoms. The van der Waals surface area contributed by atoms with E-state index in [0.29, 0.717) is 28.5 Å². The number of nitrogens with zero attached hydrogens (tertiary/aromatic N) is 4. The highest BCUT2D eigenvalue weighted by molar-refractivity contribution is 7.22. The second-order valence-electron chi connectivity index (χ2n) is 7.88. The Balaban J connectivity index is 1.71. The number of hydrogen-bond acceptors (Lipinski definition) is 7. The van der Waals surface area contributed by atoms with Gasteiger partial charge >= 0.3 is 5.76 Å². The van der Waals surface area contributed by atoms with Gasteiger partial charge in [0.15, 0.2) is 10.7 Å². The minimum Gasteiger partial charge on any atom is -0.494 e. The van der Waals surface area contributed by atoms with Crippen LogP contribution in [0.1, 0.15) is 12.0 Å². The van der Waals surface area contributed by atoms with Crippen molar-refractivity contribution >= 4 is 43.7 Å². The highest BCUT2D eigenvalue weighted by Crippen LogP contribution is 2.36. The van der Waals surface area contributed by atoms with Gasteiger partial charge in [-0.3, -0.25) is 14.3 Å². The number of carbonyl (C=O) groups is 1. The molecule has 0 bridgehead atoms. The van der Waals surface area contributed by atoms with Crippen LogP contribution in [0.5, 0.6) is 5.75 Å². The number of fused-ring (bicyclic) bond motifs is 2. The lowest BCUT2D eigenvalue weighted by Gasteiger charge is -2.21. The minimum absolute atomic E-state index is 0.121. The Morgan fingerprint density at radius 3 is 2.72 bits per heavy atom. The molecule has 168 valence electrons. The third-order valence-corrected chi connectivity index (χ3v) is 6.51. The summed E-state index contributed by atoms with van der Waals surface area (Å²) in [6.07, 6.45) is 0.770. The summed E-state index contributed by atoms with van der Waals surface area (Å²) in [6.45, 7) is 3.21. The van der Waals surface area contributed by atoms with E-state index in [-0.39, 0.29) is 12.5 Å². The third kappa shape index (κ3) is 4.26. The number of thiazole rings is 1. The molecule has 1 amide bonds. The van der Waals surface area contributed by atoms with Crippen molar-refractivity contribution in [3.05, 3.63) is 52.5 Å². The molecule has 0 unspecified atom stereocenters. The maximum Gasteiger partial charge on any atom is 0.420 e. The van der Waals surface area contributed by atoms with Gasteiger partial charge in [-0.25, -0.2) is 9.78 Å². The van der Waals surface area contributed by atoms with Crippen LogP contribution in [-0.4, -0.2) is 54.7 Å². The normalized spacial score (nSPS) is 11.5. The van der Waals surface area contributed by atoms with Crippen LogP contribution in [0.3, 0.4) is 0 Å². The first-order valence-corrected chi connectivity index (χ1v) is 11.2. The fourth-order valence-electron chi connectivity index (χ4n) is 3.63. The fraction of sp³-hybridized carbons (Fsp3) is 0.348. The fourth-order valence-corrected chi connectivity index (χ4v) is 4.73. The van der Waals surface area contributed by atoms with Crippen molar-refractivity contribution in [3.8, 4) is 5.75 Å². The first-order valence-electron chi connectivity index (χ1n) is 10.4. The van der Waals surface area contributed by atoms with Crippen molar-refractivity contribution in [2.75, 3.05) is 39.2 Å². The standard InChI is InChI=1S/C23H26N4O4S/c1-15-10-11-18(30-4)20-21(15)32-22(24-20)26(13-7-12-25(2)3)19(28)14-27-16-8-5-6-9-17(16)31-23(27)29/h5-6,8-11H,7,12-14H2,1-4H3. The zero-order valence-corrected chi connectivity index (χ0v) is 19.4. The average molecular weight is 455 g/mol. The van der Waals surface area contributed by atoms with Crippen LogP contribution in [0.4, 0.5) is 5.13 Å². The van der Waals surface area contributed by atoms with Gasteiger partial charge in [-0.1, -0.05) is 29.5 Å². The number of benzene rings is 2. The van der Waals surface area contributed by atoms with Crippen molar-refractivity contribution in [2.24, 2.45) is 0 Å². The largest absolute Gasteiger partial charge is 0.494 e. The smallest absolute Gasteiger partial charge is 0.420 e. The minimum atomic E-state index is -0.547. The number of oxazole rings is 1. The number of carbonyl (C=O) groups excluding carboxylic acids is 1. The molecule has 0 spiro atoms. The molecule has 0 aliphatic carbocycles. The summed E-state index contributed by atoms with van der Waals surface area (Å²) >= 11 is 1.46. The van der Waals surface area contributed by atoms with Crippen molar-refractivity contribution < 1.29 is 13.9 Å². The van der Waals surface area contributed by atoms with Crippen LogP contribution < -0.4 is 15.4 Å². The molecule has 0 radical (unpaired) electrons. The molecule has 4 aromatic rings. The monoisotopic (exact) mass is 454 g/mol. The number of aromatic nitrogens is 2. The predicted octanol–water partition coefficient (Wildman–Crippen LogP) is 3.51. The topological polar surface area (TPSA) is 80.8 Å². The van der Waals surface area contributed by atoms with Gasteiger partial charge in [-0.2, -0.15) is 0 Å². The summed E-state index contributed by atoms with van der Waals surface area (Å²) in [4.78, 5) is 34.3. The number of methoxy groups -OCH3 is 1. The molecule has 32 heavy (non-hydrogen) atoms. The van der Waals surface area contributed by atoms with Crippen LogP contribution in [-0.2, 0) is 11.3 Å². The van der Waals surface area contributed by atoms with Crippen LogP contribution >= 0.6 is 11.3 Å². The van der Waals surface area contributed by atoms with E-state index in [0.717, 1.165) is 28.7 Å².